The van der Waals surface area contributed by atoms with E-state index in [2.05, 4.69) is 22.5 Å². The number of amides is 1. The van der Waals surface area contributed by atoms with Gasteiger partial charge in [0.2, 0.25) is 0 Å². The monoisotopic (exact) mass is 285 g/mol. The summed E-state index contributed by atoms with van der Waals surface area (Å²) in [6.07, 6.45) is 4.22. The molecule has 0 aliphatic heterocycles. The summed E-state index contributed by atoms with van der Waals surface area (Å²) in [5.41, 5.74) is 2.03. The maximum absolute atomic E-state index is 12.3. The van der Waals surface area contributed by atoms with Crippen LogP contribution in [0.3, 0.4) is 0 Å². The van der Waals surface area contributed by atoms with Gasteiger partial charge in [-0.05, 0) is 36.8 Å². The quantitative estimate of drug-likeness (QED) is 0.855. The van der Waals surface area contributed by atoms with Crippen molar-refractivity contribution in [2.45, 2.75) is 13.3 Å². The van der Waals surface area contributed by atoms with Crippen LogP contribution < -0.4 is 15.4 Å². The molecule has 1 amide bonds. The van der Waals surface area contributed by atoms with Gasteiger partial charge in [0, 0.05) is 24.6 Å². The number of pyridine rings is 1. The highest BCUT2D eigenvalue weighted by Gasteiger charge is 2.11. The normalized spacial score (nSPS) is 10.0. The molecule has 2 aromatic rings. The minimum absolute atomic E-state index is 0.188. The summed E-state index contributed by atoms with van der Waals surface area (Å²) >= 11 is 0. The van der Waals surface area contributed by atoms with Crippen LogP contribution in [0.4, 0.5) is 11.4 Å². The number of aromatic nitrogens is 1. The molecule has 2 N–H and O–H groups in total. The molecule has 0 bridgehead atoms. The predicted molar refractivity (Wildman–Crippen MR) is 84.0 cm³/mol. The van der Waals surface area contributed by atoms with E-state index in [1.54, 1.807) is 49.8 Å². The van der Waals surface area contributed by atoms with Gasteiger partial charge in [-0.2, -0.15) is 0 Å². The van der Waals surface area contributed by atoms with E-state index in [1.165, 1.54) is 0 Å². The lowest BCUT2D eigenvalue weighted by molar-refractivity contribution is 0.102. The van der Waals surface area contributed by atoms with Crippen molar-refractivity contribution in [2.24, 2.45) is 0 Å². The summed E-state index contributed by atoms with van der Waals surface area (Å²) in [6.45, 7) is 2.89. The molecule has 21 heavy (non-hydrogen) atoms. The summed E-state index contributed by atoms with van der Waals surface area (Å²) in [5, 5.41) is 6.08. The maximum Gasteiger partial charge on any atom is 0.259 e. The zero-order chi connectivity index (χ0) is 15.1. The highest BCUT2D eigenvalue weighted by Crippen LogP contribution is 2.18. The Hall–Kier alpha value is -2.56. The number of rotatable bonds is 6. The van der Waals surface area contributed by atoms with Gasteiger partial charge in [0.15, 0.2) is 0 Å². The highest BCUT2D eigenvalue weighted by atomic mass is 16.5. The fourth-order valence-electron chi connectivity index (χ4n) is 1.86. The van der Waals surface area contributed by atoms with Crippen LogP contribution in [0, 0.1) is 0 Å². The molecule has 0 unspecified atom stereocenters. The molecule has 1 aromatic heterocycles. The Morgan fingerprint density at radius 1 is 1.24 bits per heavy atom. The van der Waals surface area contributed by atoms with Gasteiger partial charge in [-0.3, -0.25) is 9.78 Å². The highest BCUT2D eigenvalue weighted by molar-refractivity contribution is 6.07. The summed E-state index contributed by atoms with van der Waals surface area (Å²) in [5.74, 6) is 0.562. The van der Waals surface area contributed by atoms with Crippen LogP contribution in [-0.4, -0.2) is 24.5 Å². The van der Waals surface area contributed by atoms with Gasteiger partial charge < -0.3 is 15.4 Å². The fraction of sp³-hybridized carbons (Fsp3) is 0.250. The van der Waals surface area contributed by atoms with E-state index in [9.17, 15) is 4.79 Å². The molecule has 0 spiro atoms. The van der Waals surface area contributed by atoms with Gasteiger partial charge in [-0.15, -0.1) is 0 Å². The first-order valence-corrected chi connectivity index (χ1v) is 6.88. The van der Waals surface area contributed by atoms with Crippen molar-refractivity contribution in [3.8, 4) is 5.75 Å². The second-order valence-corrected chi connectivity index (χ2v) is 4.53. The van der Waals surface area contributed by atoms with Crippen LogP contribution in [-0.2, 0) is 0 Å². The Balaban J connectivity index is 2.12. The van der Waals surface area contributed by atoms with E-state index in [0.29, 0.717) is 11.3 Å². The van der Waals surface area contributed by atoms with Gasteiger partial charge in [0.05, 0.1) is 18.4 Å². The predicted octanol–water partition coefficient (Wildman–Crippen LogP) is 3.16. The van der Waals surface area contributed by atoms with Crippen LogP contribution in [0.25, 0.3) is 0 Å². The number of nitrogens with zero attached hydrogens (tertiary/aromatic N) is 1. The molecular weight excluding hydrogens is 266 g/mol. The van der Waals surface area contributed by atoms with Crippen molar-refractivity contribution in [3.05, 3.63) is 48.3 Å². The topological polar surface area (TPSA) is 63.2 Å². The van der Waals surface area contributed by atoms with Gasteiger partial charge in [-0.1, -0.05) is 6.92 Å². The molecule has 0 saturated heterocycles. The molecule has 1 aromatic carbocycles. The van der Waals surface area contributed by atoms with Gasteiger partial charge in [0.1, 0.15) is 5.75 Å². The number of benzene rings is 1. The van der Waals surface area contributed by atoms with Crippen LogP contribution in [0.15, 0.2) is 42.7 Å². The number of nitrogens with one attached hydrogen (secondary N) is 2. The third kappa shape index (κ3) is 3.95. The molecule has 0 radical (unpaired) electrons. The van der Waals surface area contributed by atoms with E-state index in [-0.39, 0.29) is 5.91 Å². The lowest BCUT2D eigenvalue weighted by Gasteiger charge is -2.11. The van der Waals surface area contributed by atoms with E-state index in [1.807, 2.05) is 0 Å². The molecule has 0 saturated carbocycles. The summed E-state index contributed by atoms with van der Waals surface area (Å²) in [4.78, 5) is 16.4. The molecular formula is C16H19N3O2. The Morgan fingerprint density at radius 3 is 2.67 bits per heavy atom. The van der Waals surface area contributed by atoms with Gasteiger partial charge in [-0.25, -0.2) is 0 Å². The van der Waals surface area contributed by atoms with Gasteiger partial charge >= 0.3 is 0 Å². The van der Waals surface area contributed by atoms with Crippen LogP contribution >= 0.6 is 0 Å². The third-order valence-corrected chi connectivity index (χ3v) is 2.98. The molecule has 1 heterocycles. The van der Waals surface area contributed by atoms with Crippen molar-refractivity contribution in [3.63, 3.8) is 0 Å². The van der Waals surface area contributed by atoms with E-state index < -0.39 is 0 Å². The molecule has 110 valence electrons. The molecule has 5 heteroatoms. The second-order valence-electron chi connectivity index (χ2n) is 4.53. The molecule has 5 nitrogen and oxygen atoms in total. The lowest BCUT2D eigenvalue weighted by atomic mass is 10.2. The zero-order valence-corrected chi connectivity index (χ0v) is 12.2. The number of ether oxygens (including phenoxy) is 1. The zero-order valence-electron chi connectivity index (χ0n) is 12.2. The SMILES string of the molecule is CCCNc1ccncc1C(=O)Nc1ccc(OC)cc1. The second kappa shape index (κ2) is 7.28. The molecule has 0 aliphatic rings. The number of anilines is 2. The van der Waals surface area contributed by atoms with Crippen LogP contribution in [0.2, 0.25) is 0 Å². The number of hydrogen-bond donors (Lipinski definition) is 2. The van der Waals surface area contributed by atoms with Crippen molar-refractivity contribution >= 4 is 17.3 Å². The van der Waals surface area contributed by atoms with E-state index >= 15 is 0 Å². The van der Waals surface area contributed by atoms with Crippen molar-refractivity contribution < 1.29 is 9.53 Å². The summed E-state index contributed by atoms with van der Waals surface area (Å²) in [6, 6.07) is 9.00. The fourth-order valence-corrected chi connectivity index (χ4v) is 1.86. The van der Waals surface area contributed by atoms with Crippen molar-refractivity contribution in [1.29, 1.82) is 0 Å². The lowest BCUT2D eigenvalue weighted by Crippen LogP contribution is -2.15. The molecule has 0 aliphatic carbocycles. The van der Waals surface area contributed by atoms with Crippen molar-refractivity contribution in [2.75, 3.05) is 24.3 Å². The Bertz CT molecular complexity index is 597. The largest absolute Gasteiger partial charge is 0.497 e. The Morgan fingerprint density at radius 2 is 2.00 bits per heavy atom. The Kier molecular flexibility index (Phi) is 5.15. The molecule has 0 fully saturated rings. The summed E-state index contributed by atoms with van der Waals surface area (Å²) < 4.78 is 5.09. The molecule has 2 rings (SSSR count). The minimum atomic E-state index is -0.188. The number of methoxy groups -OCH3 is 1. The summed E-state index contributed by atoms with van der Waals surface area (Å²) in [7, 11) is 1.61. The molecule has 0 atom stereocenters. The standard InChI is InChI=1S/C16H19N3O2/c1-3-9-18-15-8-10-17-11-14(15)16(20)19-12-4-6-13(21-2)7-5-12/h4-8,10-11H,3,9H2,1-2H3,(H,17,18)(H,19,20). The number of carbonyl (C=O) groups is 1. The first-order valence-electron chi connectivity index (χ1n) is 6.88. The Labute approximate surface area is 124 Å². The smallest absolute Gasteiger partial charge is 0.259 e. The van der Waals surface area contributed by atoms with E-state index in [4.69, 9.17) is 4.74 Å². The third-order valence-electron chi connectivity index (χ3n) is 2.98. The van der Waals surface area contributed by atoms with E-state index in [0.717, 1.165) is 24.4 Å². The maximum atomic E-state index is 12.3. The first kappa shape index (κ1) is 14.8. The number of hydrogen-bond acceptors (Lipinski definition) is 4. The minimum Gasteiger partial charge on any atom is -0.497 e. The van der Waals surface area contributed by atoms with Crippen molar-refractivity contribution in [1.82, 2.24) is 4.98 Å². The van der Waals surface area contributed by atoms with Crippen LogP contribution in [0.5, 0.6) is 5.75 Å². The van der Waals surface area contributed by atoms with Crippen LogP contribution in [0.1, 0.15) is 23.7 Å². The average Bonchev–Trinajstić information content (AvgIpc) is 2.54. The first-order chi connectivity index (χ1) is 10.2. The average molecular weight is 285 g/mol. The number of carbonyl (C=O) groups excluding carboxylic acids is 1. The van der Waals surface area contributed by atoms with Gasteiger partial charge in [0.25, 0.3) is 5.91 Å².